The Balaban J connectivity index is 1.27. The minimum Gasteiger partial charge on any atom is -0.385 e. The number of nitrogens with zero attached hydrogens (tertiary/aromatic N) is 5. The van der Waals surface area contributed by atoms with Crippen molar-refractivity contribution in [2.45, 2.75) is 13.0 Å². The number of rotatable bonds is 11. The zero-order valence-corrected chi connectivity index (χ0v) is 26.2. The maximum absolute atomic E-state index is 13.9. The molecule has 13 heteroatoms. The number of hydrogen-bond donors (Lipinski definition) is 2. The Morgan fingerprint density at radius 3 is 2.56 bits per heavy atom. The van der Waals surface area contributed by atoms with Crippen molar-refractivity contribution in [3.8, 4) is 11.8 Å². The van der Waals surface area contributed by atoms with Gasteiger partial charge in [0.15, 0.2) is 11.6 Å². The summed E-state index contributed by atoms with van der Waals surface area (Å²) in [6.45, 7) is 0.949. The van der Waals surface area contributed by atoms with E-state index in [1.807, 2.05) is 0 Å². The number of H-pyrrole nitrogens is 1. The second-order valence-electron chi connectivity index (χ2n) is 10.7. The fourth-order valence-corrected chi connectivity index (χ4v) is 4.73. The molecule has 2 heterocycles. The van der Waals surface area contributed by atoms with Crippen LogP contribution in [-0.4, -0.2) is 75.4 Å². The van der Waals surface area contributed by atoms with Gasteiger partial charge in [0.1, 0.15) is 5.56 Å². The molecule has 0 aliphatic rings. The van der Waals surface area contributed by atoms with E-state index < -0.39 is 23.1 Å². The van der Waals surface area contributed by atoms with E-state index in [-0.39, 0.29) is 24.6 Å². The lowest BCUT2D eigenvalue weighted by Crippen LogP contribution is -2.35. The van der Waals surface area contributed by atoms with Crippen LogP contribution in [0.5, 0.6) is 0 Å². The molecule has 0 saturated carbocycles. The number of carbonyl (C=O) groups excluding carboxylic acids is 2. The number of hydrogen-bond acceptors (Lipinski definition) is 8. The predicted molar refractivity (Wildman–Crippen MR) is 176 cm³/mol. The predicted octanol–water partition coefficient (Wildman–Crippen LogP) is 4.54. The lowest BCUT2D eigenvalue weighted by atomic mass is 10.1. The summed E-state index contributed by atoms with van der Waals surface area (Å²) in [4.78, 5) is 56.1. The van der Waals surface area contributed by atoms with Gasteiger partial charge in [-0.1, -0.05) is 17.9 Å². The van der Waals surface area contributed by atoms with Crippen molar-refractivity contribution < 1.29 is 23.1 Å². The highest BCUT2D eigenvalue weighted by Gasteiger charge is 2.19. The zero-order chi connectivity index (χ0) is 34.0. The zero-order valence-electron chi connectivity index (χ0n) is 26.2. The molecule has 244 valence electrons. The molecule has 2 amide bonds. The molecule has 0 aliphatic carbocycles. The number of anilines is 2. The van der Waals surface area contributed by atoms with Crippen molar-refractivity contribution in [3.63, 3.8) is 0 Å². The van der Waals surface area contributed by atoms with Crippen molar-refractivity contribution >= 4 is 34.4 Å². The molecule has 0 unspecified atom stereocenters. The summed E-state index contributed by atoms with van der Waals surface area (Å²) >= 11 is 0. The van der Waals surface area contributed by atoms with Crippen molar-refractivity contribution in [1.82, 2.24) is 29.7 Å². The Morgan fingerprint density at radius 2 is 1.81 bits per heavy atom. The van der Waals surface area contributed by atoms with Gasteiger partial charge in [0.05, 0.1) is 18.4 Å². The second kappa shape index (κ2) is 15.5. The molecular weight excluding hydrogens is 620 g/mol. The lowest BCUT2D eigenvalue weighted by molar-refractivity contribution is 0.0760. The minimum absolute atomic E-state index is 0.0789. The lowest BCUT2D eigenvalue weighted by Gasteiger charge is -2.20. The highest BCUT2D eigenvalue weighted by atomic mass is 19.2. The Labute approximate surface area is 274 Å². The summed E-state index contributed by atoms with van der Waals surface area (Å²) in [6.07, 6.45) is 4.70. The van der Waals surface area contributed by atoms with Crippen LogP contribution in [0.3, 0.4) is 0 Å². The first-order chi connectivity index (χ1) is 23.2. The third-order valence-electron chi connectivity index (χ3n) is 7.25. The van der Waals surface area contributed by atoms with Crippen LogP contribution in [0.4, 0.5) is 20.4 Å². The van der Waals surface area contributed by atoms with Gasteiger partial charge in [-0.2, -0.15) is 0 Å². The fourth-order valence-electron chi connectivity index (χ4n) is 4.73. The number of aromatic nitrogens is 4. The molecule has 2 aromatic heterocycles. The van der Waals surface area contributed by atoms with Gasteiger partial charge in [0.2, 0.25) is 5.95 Å². The monoisotopic (exact) mass is 651 g/mol. The van der Waals surface area contributed by atoms with Gasteiger partial charge in [-0.3, -0.25) is 14.4 Å². The minimum atomic E-state index is -1.05. The third kappa shape index (κ3) is 8.42. The first-order valence-electron chi connectivity index (χ1n) is 14.8. The molecule has 11 nitrogen and oxygen atoms in total. The van der Waals surface area contributed by atoms with E-state index in [0.29, 0.717) is 47.0 Å². The number of nitrogens with one attached hydrogen (secondary N) is 2. The molecule has 0 atom stereocenters. The second-order valence-corrected chi connectivity index (χ2v) is 10.7. The number of methoxy groups -OCH3 is 1. The third-order valence-corrected chi connectivity index (χ3v) is 7.25. The van der Waals surface area contributed by atoms with E-state index in [1.165, 1.54) is 11.0 Å². The number of fused-ring (bicyclic) bond motifs is 1. The Morgan fingerprint density at radius 1 is 1.00 bits per heavy atom. The Bertz CT molecular complexity index is 2060. The molecule has 2 N–H and O–H groups in total. The van der Waals surface area contributed by atoms with Crippen LogP contribution in [0, 0.1) is 23.5 Å². The molecule has 0 bridgehead atoms. The number of aromatic amines is 1. The van der Waals surface area contributed by atoms with E-state index >= 15 is 0 Å². The Hall–Kier alpha value is -6.00. The number of halogens is 2. The van der Waals surface area contributed by atoms with Gasteiger partial charge in [-0.25, -0.2) is 23.7 Å². The molecule has 48 heavy (non-hydrogen) atoms. The molecule has 5 rings (SSSR count). The number of ether oxygens (including phenoxy) is 1. The maximum Gasteiger partial charge on any atom is 0.263 e. The molecule has 0 saturated heterocycles. The topological polar surface area (TPSA) is 133 Å². The molecule has 0 spiro atoms. The van der Waals surface area contributed by atoms with Crippen LogP contribution < -0.4 is 10.9 Å². The highest BCUT2D eigenvalue weighted by molar-refractivity contribution is 5.94. The van der Waals surface area contributed by atoms with E-state index in [1.54, 1.807) is 67.7 Å². The average Bonchev–Trinajstić information content (AvgIpc) is 3.09. The van der Waals surface area contributed by atoms with Crippen molar-refractivity contribution in [2.75, 3.05) is 39.2 Å². The number of amides is 2. The summed E-state index contributed by atoms with van der Waals surface area (Å²) in [7, 11) is 3.39. The number of carbonyl (C=O) groups is 2. The van der Waals surface area contributed by atoms with E-state index in [9.17, 15) is 23.2 Å². The maximum atomic E-state index is 13.9. The van der Waals surface area contributed by atoms with Gasteiger partial charge in [0, 0.05) is 68.4 Å². The largest absolute Gasteiger partial charge is 0.385 e. The van der Waals surface area contributed by atoms with Gasteiger partial charge < -0.3 is 24.8 Å². The van der Waals surface area contributed by atoms with Crippen LogP contribution >= 0.6 is 0 Å². The molecule has 3 aromatic carbocycles. The van der Waals surface area contributed by atoms with Gasteiger partial charge >= 0.3 is 0 Å². The van der Waals surface area contributed by atoms with Crippen molar-refractivity contribution in [3.05, 3.63) is 124 Å². The standard InChI is InChI=1S/C35H31F2N7O4/c1-43(14-4-16-48-2)33(46)25-8-10-27(11-9-25)41-35-39-19-26-17-23(7-13-31(26)42-35)5-3-15-44(21-24-6-12-29(36)30(37)18-24)34(47)28-20-38-22-40-32(28)45/h6-13,17-20,22H,4,14-16,21H2,1-2H3,(H,38,40,45)(H,39,41,42). The smallest absolute Gasteiger partial charge is 0.263 e. The molecule has 5 aromatic rings. The van der Waals surface area contributed by atoms with Crippen molar-refractivity contribution in [2.24, 2.45) is 0 Å². The molecular formula is C35H31F2N7O4. The SMILES string of the molecule is COCCCN(C)C(=O)c1ccc(Nc2ncc3cc(C#CCN(Cc4ccc(F)c(F)c4)C(=O)c4cnc[nH]c4=O)ccc3n2)cc1. The first-order valence-corrected chi connectivity index (χ1v) is 14.8. The van der Waals surface area contributed by atoms with Crippen molar-refractivity contribution in [1.29, 1.82) is 0 Å². The van der Waals surface area contributed by atoms with Gasteiger partial charge in [-0.05, 0) is 66.6 Å². The van der Waals surface area contributed by atoms with Crippen LogP contribution in [0.2, 0.25) is 0 Å². The van der Waals surface area contributed by atoms with E-state index in [4.69, 9.17) is 4.74 Å². The van der Waals surface area contributed by atoms with Crippen LogP contribution in [0.15, 0.2) is 84.2 Å². The summed E-state index contributed by atoms with van der Waals surface area (Å²) in [5, 5.41) is 3.87. The van der Waals surface area contributed by atoms with Gasteiger partial charge in [-0.15, -0.1) is 0 Å². The molecule has 0 radical (unpaired) electrons. The van der Waals surface area contributed by atoms with Crippen LogP contribution in [0.25, 0.3) is 10.9 Å². The number of benzene rings is 3. The first kappa shape index (κ1) is 33.4. The van der Waals surface area contributed by atoms with Gasteiger partial charge in [0.25, 0.3) is 17.4 Å². The summed E-state index contributed by atoms with van der Waals surface area (Å²) in [5.74, 6) is 3.49. The fraction of sp³-hybridized carbons (Fsp3) is 0.200. The quantitative estimate of drug-likeness (QED) is 0.157. The molecule has 0 fully saturated rings. The highest BCUT2D eigenvalue weighted by Crippen LogP contribution is 2.19. The molecule has 0 aliphatic heterocycles. The van der Waals surface area contributed by atoms with E-state index in [0.717, 1.165) is 36.5 Å². The van der Waals surface area contributed by atoms with Crippen LogP contribution in [-0.2, 0) is 11.3 Å². The summed E-state index contributed by atoms with van der Waals surface area (Å²) in [6, 6.07) is 15.7. The summed E-state index contributed by atoms with van der Waals surface area (Å²) < 4.78 is 32.4. The normalized spacial score (nSPS) is 10.7. The van der Waals surface area contributed by atoms with Crippen LogP contribution in [0.1, 0.15) is 38.3 Å². The van der Waals surface area contributed by atoms with E-state index in [2.05, 4.69) is 37.1 Å². The average molecular weight is 652 g/mol. The summed E-state index contributed by atoms with van der Waals surface area (Å²) in [5.41, 5.74) is 2.04. The Kier molecular flexibility index (Phi) is 10.8.